The summed E-state index contributed by atoms with van der Waals surface area (Å²) in [4.78, 5) is 3.94. The van der Waals surface area contributed by atoms with Crippen molar-refractivity contribution in [1.82, 2.24) is 0 Å². The number of rotatable bonds is 23. The topological polar surface area (TPSA) is 89.8 Å². The van der Waals surface area contributed by atoms with Crippen LogP contribution in [0.4, 0.5) is 0 Å². The average molecular weight is 486 g/mol. The first-order valence-corrected chi connectivity index (χ1v) is 14.2. The fraction of sp³-hybridized carbons (Fsp3) is 0.958. The van der Waals surface area contributed by atoms with Gasteiger partial charge in [0, 0.05) is 6.54 Å². The molecule has 0 spiro atoms. The first kappa shape index (κ1) is 34.2. The normalized spacial score (nSPS) is 12.1. The fourth-order valence-corrected chi connectivity index (χ4v) is 4.25. The van der Waals surface area contributed by atoms with Gasteiger partial charge in [0.1, 0.15) is 0 Å². The number of nitrogens with zero attached hydrogens (tertiary/aromatic N) is 1. The Labute approximate surface area is 235 Å². The van der Waals surface area contributed by atoms with E-state index in [0.717, 1.165) is 12.8 Å². The summed E-state index contributed by atoms with van der Waals surface area (Å²) in [6.45, 7) is 2.62. The predicted molar refractivity (Wildman–Crippen MR) is 127 cm³/mol. The summed E-state index contributed by atoms with van der Waals surface area (Å²) in [7, 11) is -3.89. The van der Waals surface area contributed by atoms with Crippen LogP contribution in [0.2, 0.25) is 0 Å². The molecule has 0 aliphatic rings. The van der Waals surface area contributed by atoms with Crippen molar-refractivity contribution in [1.29, 1.82) is 0 Å². The summed E-state index contributed by atoms with van der Waals surface area (Å²) in [5.41, 5.74) is 0. The van der Waals surface area contributed by atoms with Crippen LogP contribution in [0.3, 0.4) is 0 Å². The Kier molecular flexibility index (Phi) is 28.3. The van der Waals surface area contributed by atoms with E-state index in [2.05, 4.69) is 11.9 Å². The molecule has 0 fully saturated rings. The van der Waals surface area contributed by atoms with Crippen LogP contribution in [0, 0.1) is 0 Å². The molecule has 0 heterocycles. The van der Waals surface area contributed by atoms with Crippen molar-refractivity contribution in [3.8, 4) is 0 Å². The molecule has 0 saturated heterocycles. The number of aliphatic imine (C=N–C) groups is 1. The Morgan fingerprint density at radius 2 is 1.06 bits per heavy atom. The number of hydrogen-bond acceptors (Lipinski definition) is 4. The standard InChI is InChI=1S/C24H49NO4S.K/c1-2-3-4-5-6-7-8-9-10-11-12-13-14-15-16-17-18-21-24(26)25-22-19-20-23-30(27,28)29;/h2-23H2,1H3,(H,25,26)(H,27,28,29);/q;+1/p-1. The van der Waals surface area contributed by atoms with E-state index in [9.17, 15) is 13.5 Å². The zero-order valence-electron chi connectivity index (χ0n) is 20.6. The van der Waals surface area contributed by atoms with Crippen LogP contribution in [0.5, 0.6) is 0 Å². The van der Waals surface area contributed by atoms with Crippen LogP contribution in [0.15, 0.2) is 4.99 Å². The van der Waals surface area contributed by atoms with Crippen molar-refractivity contribution >= 4 is 16.0 Å². The molecule has 5 nitrogen and oxygen atoms in total. The second-order valence-electron chi connectivity index (χ2n) is 8.68. The third-order valence-corrected chi connectivity index (χ3v) is 6.40. The molecule has 0 atom stereocenters. The molecule has 0 amide bonds. The van der Waals surface area contributed by atoms with Gasteiger partial charge in [0.15, 0.2) is 0 Å². The van der Waals surface area contributed by atoms with E-state index >= 15 is 0 Å². The fourth-order valence-electron chi connectivity index (χ4n) is 3.68. The zero-order chi connectivity index (χ0) is 22.3. The Hall–Kier alpha value is 1.02. The molecule has 0 radical (unpaired) electrons. The monoisotopic (exact) mass is 485 g/mol. The minimum atomic E-state index is -3.89. The van der Waals surface area contributed by atoms with Crippen molar-refractivity contribution in [3.05, 3.63) is 0 Å². The molecule has 0 aromatic carbocycles. The summed E-state index contributed by atoms with van der Waals surface area (Å²) in [5, 5.41) is 11.6. The Balaban J connectivity index is 0. The molecule has 0 saturated carbocycles. The SMILES string of the molecule is CCCCCCCCCCCCCCCCCCCC([O-])=NCCCCS(=O)(=O)O.[K+]. The van der Waals surface area contributed by atoms with Crippen molar-refractivity contribution in [2.75, 3.05) is 12.3 Å². The molecular weight excluding hydrogens is 437 g/mol. The van der Waals surface area contributed by atoms with Crippen molar-refractivity contribution in [2.45, 2.75) is 135 Å². The van der Waals surface area contributed by atoms with E-state index in [1.54, 1.807) is 0 Å². The molecule has 0 aromatic heterocycles. The molecule has 0 aliphatic carbocycles. The first-order valence-electron chi connectivity index (χ1n) is 12.6. The van der Waals surface area contributed by atoms with Crippen LogP contribution >= 0.6 is 0 Å². The molecule has 0 aliphatic heterocycles. The Bertz CT molecular complexity index is 498. The first-order chi connectivity index (χ1) is 14.5. The quantitative estimate of drug-likeness (QED) is 0.0789. The Morgan fingerprint density at radius 1 is 0.677 bits per heavy atom. The second-order valence-corrected chi connectivity index (χ2v) is 10.2. The van der Waals surface area contributed by atoms with E-state index in [1.165, 1.54) is 96.3 Å². The van der Waals surface area contributed by atoms with Crippen LogP contribution in [-0.4, -0.2) is 31.2 Å². The zero-order valence-corrected chi connectivity index (χ0v) is 24.5. The molecule has 0 bridgehead atoms. The Morgan fingerprint density at radius 3 is 1.45 bits per heavy atom. The summed E-state index contributed by atoms with van der Waals surface area (Å²) in [5.74, 6) is -0.335. The van der Waals surface area contributed by atoms with E-state index in [0.29, 0.717) is 25.8 Å². The van der Waals surface area contributed by atoms with Gasteiger partial charge in [0.2, 0.25) is 0 Å². The van der Waals surface area contributed by atoms with Gasteiger partial charge in [-0.2, -0.15) is 8.42 Å². The van der Waals surface area contributed by atoms with Gasteiger partial charge in [-0.3, -0.25) is 4.55 Å². The largest absolute Gasteiger partial charge is 1.00 e. The summed E-state index contributed by atoms with van der Waals surface area (Å²) < 4.78 is 29.8. The smallest absolute Gasteiger partial charge is 0.862 e. The van der Waals surface area contributed by atoms with Crippen LogP contribution in [0.25, 0.3) is 0 Å². The van der Waals surface area contributed by atoms with Gasteiger partial charge in [-0.1, -0.05) is 110 Å². The van der Waals surface area contributed by atoms with Gasteiger partial charge in [-0.25, -0.2) is 0 Å². The second kappa shape index (κ2) is 25.6. The van der Waals surface area contributed by atoms with E-state index < -0.39 is 10.1 Å². The van der Waals surface area contributed by atoms with Gasteiger partial charge >= 0.3 is 51.4 Å². The van der Waals surface area contributed by atoms with Crippen LogP contribution in [0.1, 0.15) is 135 Å². The van der Waals surface area contributed by atoms with Gasteiger partial charge in [0.25, 0.3) is 10.1 Å². The summed E-state index contributed by atoms with van der Waals surface area (Å²) in [6.07, 6.45) is 23.9. The van der Waals surface area contributed by atoms with Crippen LogP contribution < -0.4 is 56.5 Å². The molecule has 1 N–H and O–H groups in total. The van der Waals surface area contributed by atoms with E-state index in [4.69, 9.17) is 4.55 Å². The van der Waals surface area contributed by atoms with Gasteiger partial charge in [-0.05, 0) is 31.6 Å². The maximum absolute atomic E-state index is 11.6. The minimum absolute atomic E-state index is 0. The van der Waals surface area contributed by atoms with Gasteiger partial charge < -0.3 is 10.1 Å². The molecule has 7 heteroatoms. The number of unbranched alkanes of at least 4 members (excludes halogenated alkanes) is 17. The molecule has 0 aromatic rings. The summed E-state index contributed by atoms with van der Waals surface area (Å²) in [6, 6.07) is 0. The molecule has 31 heavy (non-hydrogen) atoms. The maximum Gasteiger partial charge on any atom is 1.00 e. The predicted octanol–water partition coefficient (Wildman–Crippen LogP) is 3.46. The third-order valence-electron chi connectivity index (χ3n) is 5.59. The molecule has 0 rings (SSSR count). The van der Waals surface area contributed by atoms with Gasteiger partial charge in [0.05, 0.1) is 5.75 Å². The van der Waals surface area contributed by atoms with Gasteiger partial charge in [-0.15, -0.1) is 0 Å². The minimum Gasteiger partial charge on any atom is -0.862 e. The average Bonchev–Trinajstić information content (AvgIpc) is 2.69. The molecular formula is C24H48KNO4S. The number of hydrogen-bond donors (Lipinski definition) is 1. The summed E-state index contributed by atoms with van der Waals surface area (Å²) >= 11 is 0. The maximum atomic E-state index is 11.6. The van der Waals surface area contributed by atoms with Crippen molar-refractivity contribution in [2.24, 2.45) is 4.99 Å². The van der Waals surface area contributed by atoms with E-state index in [1.807, 2.05) is 0 Å². The van der Waals surface area contributed by atoms with Crippen LogP contribution in [-0.2, 0) is 10.1 Å². The van der Waals surface area contributed by atoms with Crippen molar-refractivity contribution < 1.29 is 69.5 Å². The molecule has 180 valence electrons. The third kappa shape index (κ3) is 31.0. The van der Waals surface area contributed by atoms with Crippen molar-refractivity contribution in [3.63, 3.8) is 0 Å². The molecule has 0 unspecified atom stereocenters. The van der Waals surface area contributed by atoms with E-state index in [-0.39, 0.29) is 63.0 Å².